The number of aryl methyl sites for hydroxylation is 1. The fourth-order valence-corrected chi connectivity index (χ4v) is 1.45. The zero-order valence-corrected chi connectivity index (χ0v) is 9.52. The van der Waals surface area contributed by atoms with Gasteiger partial charge in [-0.1, -0.05) is 11.6 Å². The Morgan fingerprint density at radius 2 is 1.93 bits per heavy atom. The van der Waals surface area contributed by atoms with Gasteiger partial charge in [0.15, 0.2) is 0 Å². The summed E-state index contributed by atoms with van der Waals surface area (Å²) in [6.45, 7) is 3.01. The second-order valence-electron chi connectivity index (χ2n) is 3.28. The Bertz CT molecular complexity index is 357. The van der Waals surface area contributed by atoms with Gasteiger partial charge in [0.05, 0.1) is 6.54 Å². The van der Waals surface area contributed by atoms with E-state index in [0.29, 0.717) is 22.4 Å². The van der Waals surface area contributed by atoms with Crippen LogP contribution in [-0.2, 0) is 0 Å². The van der Waals surface area contributed by atoms with Gasteiger partial charge in [-0.25, -0.2) is 18.7 Å². The normalized spacial score (nSPS) is 10.9. The molecule has 0 aromatic carbocycles. The standard InChI is InChI=1S/C9H12ClF2N3/c1-5-8(10)13-6(2)14-9(5)15(3)4-7(11)12/h7H,4H2,1-3H3. The molecule has 1 heterocycles. The Morgan fingerprint density at radius 1 is 1.33 bits per heavy atom. The summed E-state index contributed by atoms with van der Waals surface area (Å²) in [7, 11) is 1.55. The van der Waals surface area contributed by atoms with Crippen LogP contribution in [0, 0.1) is 13.8 Å². The van der Waals surface area contributed by atoms with E-state index in [2.05, 4.69) is 9.97 Å². The average Bonchev–Trinajstić information content (AvgIpc) is 2.09. The van der Waals surface area contributed by atoms with Crippen LogP contribution in [0.2, 0.25) is 5.15 Å². The molecule has 3 nitrogen and oxygen atoms in total. The van der Waals surface area contributed by atoms with Gasteiger partial charge < -0.3 is 4.90 Å². The maximum Gasteiger partial charge on any atom is 0.255 e. The molecule has 0 saturated heterocycles. The highest BCUT2D eigenvalue weighted by Gasteiger charge is 2.14. The fourth-order valence-electron chi connectivity index (χ4n) is 1.25. The van der Waals surface area contributed by atoms with Gasteiger partial charge in [-0.15, -0.1) is 0 Å². The van der Waals surface area contributed by atoms with Crippen LogP contribution in [0.5, 0.6) is 0 Å². The highest BCUT2D eigenvalue weighted by atomic mass is 35.5. The molecule has 0 saturated carbocycles. The summed E-state index contributed by atoms with van der Waals surface area (Å²) in [6, 6.07) is 0. The third-order valence-electron chi connectivity index (χ3n) is 1.95. The zero-order valence-electron chi connectivity index (χ0n) is 8.76. The SMILES string of the molecule is Cc1nc(Cl)c(C)c(N(C)CC(F)F)n1. The van der Waals surface area contributed by atoms with Crippen molar-refractivity contribution in [1.82, 2.24) is 9.97 Å². The van der Waals surface area contributed by atoms with Crippen LogP contribution >= 0.6 is 11.6 Å². The van der Waals surface area contributed by atoms with Gasteiger partial charge in [0, 0.05) is 12.6 Å². The quantitative estimate of drug-likeness (QED) is 0.754. The number of halogens is 3. The third-order valence-corrected chi connectivity index (χ3v) is 2.31. The summed E-state index contributed by atoms with van der Waals surface area (Å²) in [5.74, 6) is 0.925. The highest BCUT2D eigenvalue weighted by Crippen LogP contribution is 2.22. The van der Waals surface area contributed by atoms with Crippen LogP contribution in [0.25, 0.3) is 0 Å². The molecule has 1 rings (SSSR count). The number of hydrogen-bond acceptors (Lipinski definition) is 3. The average molecular weight is 236 g/mol. The third kappa shape index (κ3) is 2.99. The van der Waals surface area contributed by atoms with Crippen molar-refractivity contribution in [1.29, 1.82) is 0 Å². The maximum absolute atomic E-state index is 12.2. The van der Waals surface area contributed by atoms with Crippen LogP contribution in [0.3, 0.4) is 0 Å². The van der Waals surface area contributed by atoms with Crippen LogP contribution in [-0.4, -0.2) is 30.0 Å². The molecule has 0 fully saturated rings. The van der Waals surface area contributed by atoms with E-state index in [-0.39, 0.29) is 6.54 Å². The van der Waals surface area contributed by atoms with E-state index in [1.807, 2.05) is 0 Å². The Hall–Kier alpha value is -0.970. The van der Waals surface area contributed by atoms with Crippen molar-refractivity contribution in [2.24, 2.45) is 0 Å². The number of nitrogens with zero attached hydrogens (tertiary/aromatic N) is 3. The van der Waals surface area contributed by atoms with Crippen molar-refractivity contribution in [2.75, 3.05) is 18.5 Å². The van der Waals surface area contributed by atoms with Crippen molar-refractivity contribution < 1.29 is 8.78 Å². The summed E-state index contributed by atoms with van der Waals surface area (Å²) < 4.78 is 24.4. The topological polar surface area (TPSA) is 29.0 Å². The predicted molar refractivity (Wildman–Crippen MR) is 55.8 cm³/mol. The summed E-state index contributed by atoms with van der Waals surface area (Å²) in [4.78, 5) is 9.39. The maximum atomic E-state index is 12.2. The molecule has 0 bridgehead atoms. The van der Waals surface area contributed by atoms with E-state index in [9.17, 15) is 8.78 Å². The summed E-state index contributed by atoms with van der Waals surface area (Å²) in [6.07, 6.45) is -2.40. The highest BCUT2D eigenvalue weighted by molar-refractivity contribution is 6.30. The van der Waals surface area contributed by atoms with Crippen molar-refractivity contribution in [3.05, 3.63) is 16.5 Å². The summed E-state index contributed by atoms with van der Waals surface area (Å²) in [5.41, 5.74) is 0.616. The Labute approximate surface area is 92.1 Å². The monoisotopic (exact) mass is 235 g/mol. The molecule has 0 aliphatic rings. The van der Waals surface area contributed by atoms with Crippen LogP contribution in [0.15, 0.2) is 0 Å². The first-order valence-corrected chi connectivity index (χ1v) is 4.79. The number of hydrogen-bond donors (Lipinski definition) is 0. The van der Waals surface area contributed by atoms with Gasteiger partial charge in [-0.3, -0.25) is 0 Å². The molecule has 0 aliphatic carbocycles. The van der Waals surface area contributed by atoms with Crippen LogP contribution in [0.1, 0.15) is 11.4 Å². The first kappa shape index (κ1) is 12.1. The van der Waals surface area contributed by atoms with Gasteiger partial charge in [0.25, 0.3) is 6.43 Å². The first-order chi connectivity index (χ1) is 6.91. The van der Waals surface area contributed by atoms with E-state index < -0.39 is 6.43 Å². The molecule has 0 atom stereocenters. The van der Waals surface area contributed by atoms with Crippen molar-refractivity contribution in [3.8, 4) is 0 Å². The number of rotatable bonds is 3. The van der Waals surface area contributed by atoms with E-state index in [0.717, 1.165) is 0 Å². The second kappa shape index (κ2) is 4.70. The van der Waals surface area contributed by atoms with E-state index >= 15 is 0 Å². The predicted octanol–water partition coefficient (Wildman–Crippen LogP) is 2.45. The van der Waals surface area contributed by atoms with Gasteiger partial charge in [0.2, 0.25) is 0 Å². The van der Waals surface area contributed by atoms with Crippen molar-refractivity contribution in [2.45, 2.75) is 20.3 Å². The van der Waals surface area contributed by atoms with Crippen molar-refractivity contribution in [3.63, 3.8) is 0 Å². The smallest absolute Gasteiger partial charge is 0.255 e. The van der Waals surface area contributed by atoms with Crippen LogP contribution < -0.4 is 4.90 Å². The molecule has 0 radical (unpaired) electrons. The summed E-state index contributed by atoms with van der Waals surface area (Å²) in [5, 5.41) is 0.304. The fraction of sp³-hybridized carbons (Fsp3) is 0.556. The minimum atomic E-state index is -2.40. The van der Waals surface area contributed by atoms with Crippen LogP contribution in [0.4, 0.5) is 14.6 Å². The first-order valence-electron chi connectivity index (χ1n) is 4.42. The molecule has 0 unspecified atom stereocenters. The largest absolute Gasteiger partial charge is 0.354 e. The van der Waals surface area contributed by atoms with Gasteiger partial charge in [0.1, 0.15) is 16.8 Å². The molecule has 15 heavy (non-hydrogen) atoms. The molecule has 6 heteroatoms. The van der Waals surface area contributed by atoms with Crippen molar-refractivity contribution >= 4 is 17.4 Å². The molecule has 0 amide bonds. The molecular weight excluding hydrogens is 224 g/mol. The molecule has 0 spiro atoms. The number of aromatic nitrogens is 2. The van der Waals surface area contributed by atoms with E-state index in [1.54, 1.807) is 20.9 Å². The lowest BCUT2D eigenvalue weighted by Gasteiger charge is -2.20. The number of alkyl halides is 2. The minimum absolute atomic E-state index is 0.304. The molecular formula is C9H12ClF2N3. The lowest BCUT2D eigenvalue weighted by atomic mass is 10.3. The molecule has 0 N–H and O–H groups in total. The zero-order chi connectivity index (χ0) is 11.6. The molecule has 1 aromatic heterocycles. The van der Waals surface area contributed by atoms with Gasteiger partial charge >= 0.3 is 0 Å². The van der Waals surface area contributed by atoms with E-state index in [1.165, 1.54) is 4.90 Å². The molecule has 1 aromatic rings. The Kier molecular flexibility index (Phi) is 3.79. The summed E-state index contributed by atoms with van der Waals surface area (Å²) >= 11 is 5.83. The van der Waals surface area contributed by atoms with Gasteiger partial charge in [-0.05, 0) is 13.8 Å². The number of anilines is 1. The minimum Gasteiger partial charge on any atom is -0.354 e. The lowest BCUT2D eigenvalue weighted by molar-refractivity contribution is 0.156. The molecule has 84 valence electrons. The Morgan fingerprint density at radius 3 is 2.47 bits per heavy atom. The lowest BCUT2D eigenvalue weighted by Crippen LogP contribution is -2.26. The second-order valence-corrected chi connectivity index (χ2v) is 3.64. The van der Waals surface area contributed by atoms with Gasteiger partial charge in [-0.2, -0.15) is 0 Å². The Balaban J connectivity index is 3.02. The van der Waals surface area contributed by atoms with E-state index in [4.69, 9.17) is 11.6 Å². The molecule has 0 aliphatic heterocycles.